The molecular weight excluding hydrogens is 266 g/mol. The summed E-state index contributed by atoms with van der Waals surface area (Å²) in [6.07, 6.45) is 0. The minimum atomic E-state index is -0.250. The highest BCUT2D eigenvalue weighted by atomic mass is 16.5. The van der Waals surface area contributed by atoms with Crippen molar-refractivity contribution in [2.24, 2.45) is 0 Å². The van der Waals surface area contributed by atoms with Crippen LogP contribution in [0.15, 0.2) is 24.3 Å². The zero-order valence-corrected chi connectivity index (χ0v) is 13.1. The van der Waals surface area contributed by atoms with Crippen LogP contribution in [0.4, 0.5) is 5.69 Å². The summed E-state index contributed by atoms with van der Waals surface area (Å²) < 4.78 is 4.81. The van der Waals surface area contributed by atoms with Gasteiger partial charge in [-0.2, -0.15) is 0 Å². The van der Waals surface area contributed by atoms with Crippen LogP contribution in [0.2, 0.25) is 0 Å². The van der Waals surface area contributed by atoms with Crippen molar-refractivity contribution in [2.75, 3.05) is 51.8 Å². The molecule has 1 saturated heterocycles. The first-order valence-corrected chi connectivity index (χ1v) is 7.43. The highest BCUT2D eigenvalue weighted by Gasteiger charge is 2.23. The Hall–Kier alpha value is -1.59. The Morgan fingerprint density at radius 3 is 2.62 bits per heavy atom. The molecule has 2 rings (SSSR count). The lowest BCUT2D eigenvalue weighted by molar-refractivity contribution is -0.143. The Morgan fingerprint density at radius 1 is 1.33 bits per heavy atom. The molecule has 1 aromatic carbocycles. The molecule has 0 radical (unpaired) electrons. The highest BCUT2D eigenvalue weighted by molar-refractivity contribution is 5.75. The van der Waals surface area contributed by atoms with Gasteiger partial charge in [-0.25, -0.2) is 0 Å². The maximum atomic E-state index is 11.6. The van der Waals surface area contributed by atoms with Crippen LogP contribution in [0.5, 0.6) is 0 Å². The lowest BCUT2D eigenvalue weighted by atomic mass is 10.2. The van der Waals surface area contributed by atoms with Crippen molar-refractivity contribution in [3.63, 3.8) is 0 Å². The van der Waals surface area contributed by atoms with E-state index >= 15 is 0 Å². The minimum absolute atomic E-state index is 0.196. The number of piperazine rings is 1. The largest absolute Gasteiger partial charge is 0.468 e. The summed E-state index contributed by atoms with van der Waals surface area (Å²) in [6, 6.07) is 8.35. The number of methoxy groups -OCH3 is 1. The number of aryl methyl sites for hydroxylation is 1. The van der Waals surface area contributed by atoms with Crippen molar-refractivity contribution >= 4 is 11.7 Å². The average Bonchev–Trinajstić information content (AvgIpc) is 2.52. The Morgan fingerprint density at radius 2 is 2.05 bits per heavy atom. The molecule has 0 amide bonds. The number of ether oxygens (including phenoxy) is 1. The van der Waals surface area contributed by atoms with E-state index in [2.05, 4.69) is 46.3 Å². The second kappa shape index (κ2) is 7.43. The van der Waals surface area contributed by atoms with Crippen LogP contribution in [-0.2, 0) is 9.53 Å². The first kappa shape index (κ1) is 15.8. The van der Waals surface area contributed by atoms with E-state index in [-0.39, 0.29) is 12.0 Å². The molecule has 1 unspecified atom stereocenters. The minimum Gasteiger partial charge on any atom is -0.468 e. The molecule has 21 heavy (non-hydrogen) atoms. The van der Waals surface area contributed by atoms with E-state index in [9.17, 15) is 4.79 Å². The third kappa shape index (κ3) is 4.19. The molecule has 1 aliphatic heterocycles. The van der Waals surface area contributed by atoms with E-state index < -0.39 is 0 Å². The van der Waals surface area contributed by atoms with Crippen molar-refractivity contribution in [3.05, 3.63) is 29.8 Å². The Kier molecular flexibility index (Phi) is 5.59. The molecule has 0 bridgehead atoms. The third-order valence-corrected chi connectivity index (χ3v) is 4.01. The molecule has 1 heterocycles. The van der Waals surface area contributed by atoms with Gasteiger partial charge >= 0.3 is 5.97 Å². The van der Waals surface area contributed by atoms with Crippen LogP contribution in [0, 0.1) is 6.92 Å². The molecule has 0 aromatic heterocycles. The molecule has 1 atom stereocenters. The van der Waals surface area contributed by atoms with Gasteiger partial charge in [0.25, 0.3) is 0 Å². The number of likely N-dealkylation sites (N-methyl/N-ethyl adjacent to an activating group) is 1. The zero-order chi connectivity index (χ0) is 15.2. The number of nitrogens with zero attached hydrogens (tertiary/aromatic N) is 2. The smallest absolute Gasteiger partial charge is 0.324 e. The molecule has 1 aliphatic rings. The van der Waals surface area contributed by atoms with Crippen LogP contribution >= 0.6 is 0 Å². The van der Waals surface area contributed by atoms with Gasteiger partial charge in [-0.15, -0.1) is 0 Å². The molecule has 1 N–H and O–H groups in total. The summed E-state index contributed by atoms with van der Waals surface area (Å²) in [5.41, 5.74) is 2.57. The van der Waals surface area contributed by atoms with Crippen molar-refractivity contribution in [1.82, 2.24) is 10.2 Å². The molecule has 0 saturated carbocycles. The highest BCUT2D eigenvalue weighted by Crippen LogP contribution is 2.17. The monoisotopic (exact) mass is 291 g/mol. The van der Waals surface area contributed by atoms with Gasteiger partial charge in [0.05, 0.1) is 7.11 Å². The predicted molar refractivity (Wildman–Crippen MR) is 84.7 cm³/mol. The fourth-order valence-electron chi connectivity index (χ4n) is 2.70. The standard InChI is InChI=1S/C16H25N3O2/c1-13-5-4-6-14(11-13)19-9-7-18(8-10-19)12-15(17-2)16(20)21-3/h4-6,11,15,17H,7-10,12H2,1-3H3. The van der Waals surface area contributed by atoms with Gasteiger partial charge in [-0.05, 0) is 31.7 Å². The fraction of sp³-hybridized carbons (Fsp3) is 0.562. The third-order valence-electron chi connectivity index (χ3n) is 4.01. The van der Waals surface area contributed by atoms with Gasteiger partial charge in [0, 0.05) is 38.4 Å². The molecule has 0 aliphatic carbocycles. The molecule has 5 nitrogen and oxygen atoms in total. The van der Waals surface area contributed by atoms with Gasteiger partial charge in [0.1, 0.15) is 6.04 Å². The van der Waals surface area contributed by atoms with Crippen molar-refractivity contribution in [3.8, 4) is 0 Å². The van der Waals surface area contributed by atoms with E-state index in [1.807, 2.05) is 0 Å². The van der Waals surface area contributed by atoms with Gasteiger partial charge in [0.15, 0.2) is 0 Å². The van der Waals surface area contributed by atoms with E-state index in [1.54, 1.807) is 7.05 Å². The van der Waals surface area contributed by atoms with E-state index in [0.717, 1.165) is 26.2 Å². The number of nitrogens with one attached hydrogen (secondary N) is 1. The lowest BCUT2D eigenvalue weighted by Crippen LogP contribution is -2.52. The maximum absolute atomic E-state index is 11.6. The summed E-state index contributed by atoms with van der Waals surface area (Å²) in [4.78, 5) is 16.3. The molecular formula is C16H25N3O2. The van der Waals surface area contributed by atoms with Gasteiger partial charge < -0.3 is 15.0 Å². The summed E-state index contributed by atoms with van der Waals surface area (Å²) in [5, 5.41) is 3.02. The van der Waals surface area contributed by atoms with E-state index in [1.165, 1.54) is 18.4 Å². The quantitative estimate of drug-likeness (QED) is 0.816. The second-order valence-corrected chi connectivity index (χ2v) is 5.49. The Bertz CT molecular complexity index is 470. The summed E-state index contributed by atoms with van der Waals surface area (Å²) in [7, 11) is 3.23. The summed E-state index contributed by atoms with van der Waals surface area (Å²) in [6.45, 7) is 6.72. The second-order valence-electron chi connectivity index (χ2n) is 5.49. The van der Waals surface area contributed by atoms with E-state index in [0.29, 0.717) is 6.54 Å². The SMILES string of the molecule is CNC(CN1CCN(c2cccc(C)c2)CC1)C(=O)OC. The molecule has 0 spiro atoms. The Balaban J connectivity index is 1.87. The maximum Gasteiger partial charge on any atom is 0.324 e. The number of anilines is 1. The molecule has 1 aromatic rings. The number of benzene rings is 1. The first-order chi connectivity index (χ1) is 10.1. The van der Waals surface area contributed by atoms with Gasteiger partial charge in [0.2, 0.25) is 0 Å². The Labute approximate surface area is 126 Å². The number of carbonyl (C=O) groups excluding carboxylic acids is 1. The average molecular weight is 291 g/mol. The van der Waals surface area contributed by atoms with E-state index in [4.69, 9.17) is 4.74 Å². The van der Waals surface area contributed by atoms with Crippen molar-refractivity contribution in [2.45, 2.75) is 13.0 Å². The van der Waals surface area contributed by atoms with Crippen molar-refractivity contribution < 1.29 is 9.53 Å². The van der Waals surface area contributed by atoms with Crippen LogP contribution < -0.4 is 10.2 Å². The topological polar surface area (TPSA) is 44.8 Å². The normalized spacial score (nSPS) is 17.6. The number of esters is 1. The first-order valence-electron chi connectivity index (χ1n) is 7.43. The number of hydrogen-bond donors (Lipinski definition) is 1. The van der Waals surface area contributed by atoms with Gasteiger partial charge in [-0.1, -0.05) is 12.1 Å². The zero-order valence-electron chi connectivity index (χ0n) is 13.1. The van der Waals surface area contributed by atoms with Crippen LogP contribution in [0.25, 0.3) is 0 Å². The number of carbonyl (C=O) groups is 1. The van der Waals surface area contributed by atoms with Crippen LogP contribution in [0.1, 0.15) is 5.56 Å². The lowest BCUT2D eigenvalue weighted by Gasteiger charge is -2.37. The summed E-state index contributed by atoms with van der Waals surface area (Å²) in [5.74, 6) is -0.196. The van der Waals surface area contributed by atoms with Gasteiger partial charge in [-0.3, -0.25) is 9.69 Å². The molecule has 116 valence electrons. The summed E-state index contributed by atoms with van der Waals surface area (Å²) >= 11 is 0. The molecule has 1 fully saturated rings. The number of hydrogen-bond acceptors (Lipinski definition) is 5. The van der Waals surface area contributed by atoms with Crippen LogP contribution in [-0.4, -0.2) is 63.8 Å². The molecule has 5 heteroatoms. The fourth-order valence-corrected chi connectivity index (χ4v) is 2.70. The van der Waals surface area contributed by atoms with Crippen LogP contribution in [0.3, 0.4) is 0 Å². The predicted octanol–water partition coefficient (Wildman–Crippen LogP) is 0.878. The van der Waals surface area contributed by atoms with Crippen molar-refractivity contribution in [1.29, 1.82) is 0 Å². The number of rotatable bonds is 5.